The van der Waals surface area contributed by atoms with Crippen molar-refractivity contribution >= 4 is 0 Å². The third-order valence-corrected chi connectivity index (χ3v) is 3.93. The Morgan fingerprint density at radius 2 is 2.11 bits per heavy atom. The molecule has 18 heavy (non-hydrogen) atoms. The minimum absolute atomic E-state index is 0.518. The van der Waals surface area contributed by atoms with E-state index in [-0.39, 0.29) is 0 Å². The van der Waals surface area contributed by atoms with E-state index in [1.165, 1.54) is 32.1 Å². The predicted molar refractivity (Wildman–Crippen MR) is 71.7 cm³/mol. The fraction of sp³-hybridized carbons (Fsp3) is 0.714. The van der Waals surface area contributed by atoms with E-state index < -0.39 is 0 Å². The van der Waals surface area contributed by atoms with Gasteiger partial charge in [-0.2, -0.15) is 0 Å². The second-order valence-corrected chi connectivity index (χ2v) is 5.05. The predicted octanol–water partition coefficient (Wildman–Crippen LogP) is 2.20. The largest absolute Gasteiger partial charge is 0.481 e. The number of hydrogen-bond donors (Lipinski definition) is 1. The van der Waals surface area contributed by atoms with Gasteiger partial charge in [0.05, 0.1) is 7.11 Å². The van der Waals surface area contributed by atoms with Crippen molar-refractivity contribution < 1.29 is 4.74 Å². The molecule has 4 heteroatoms. The highest BCUT2D eigenvalue weighted by Crippen LogP contribution is 2.27. The van der Waals surface area contributed by atoms with Crippen molar-refractivity contribution in [3.05, 3.63) is 18.1 Å². The molecule has 1 unspecified atom stereocenters. The zero-order valence-electron chi connectivity index (χ0n) is 11.4. The van der Waals surface area contributed by atoms with E-state index in [0.29, 0.717) is 11.9 Å². The molecule has 1 aromatic heterocycles. The number of ether oxygens (including phenoxy) is 1. The number of hydrogen-bond acceptors (Lipinski definition) is 4. The second-order valence-electron chi connectivity index (χ2n) is 5.05. The topological polar surface area (TPSA) is 47.0 Å². The van der Waals surface area contributed by atoms with Crippen LogP contribution in [0.3, 0.4) is 0 Å². The summed E-state index contributed by atoms with van der Waals surface area (Å²) in [6.45, 7) is 0. The van der Waals surface area contributed by atoms with Gasteiger partial charge in [0.15, 0.2) is 0 Å². The molecule has 1 fully saturated rings. The zero-order chi connectivity index (χ0) is 12.8. The quantitative estimate of drug-likeness (QED) is 0.869. The first-order valence-corrected chi connectivity index (χ1v) is 6.85. The number of rotatable bonds is 5. The Morgan fingerprint density at radius 1 is 1.33 bits per heavy atom. The number of nitrogens with zero attached hydrogens (tertiary/aromatic N) is 2. The maximum absolute atomic E-state index is 5.14. The lowest BCUT2D eigenvalue weighted by Gasteiger charge is -2.29. The molecular weight excluding hydrogens is 226 g/mol. The molecule has 0 aliphatic heterocycles. The minimum atomic E-state index is 0.518. The van der Waals surface area contributed by atoms with Crippen LogP contribution in [0.15, 0.2) is 12.4 Å². The molecule has 1 aromatic rings. The average Bonchev–Trinajstić information content (AvgIpc) is 2.46. The van der Waals surface area contributed by atoms with Crippen molar-refractivity contribution in [2.75, 3.05) is 14.2 Å². The van der Waals surface area contributed by atoms with Crippen molar-refractivity contribution in [1.82, 2.24) is 15.3 Å². The summed E-state index contributed by atoms with van der Waals surface area (Å²) < 4.78 is 5.14. The van der Waals surface area contributed by atoms with Gasteiger partial charge in [0.2, 0.25) is 5.88 Å². The summed E-state index contributed by atoms with van der Waals surface area (Å²) in [5.41, 5.74) is 1.06. The molecule has 100 valence electrons. The molecule has 1 aliphatic rings. The Balaban J connectivity index is 1.99. The van der Waals surface area contributed by atoms with Gasteiger partial charge in [-0.25, -0.2) is 9.97 Å². The van der Waals surface area contributed by atoms with Gasteiger partial charge < -0.3 is 10.1 Å². The number of aromatic nitrogens is 2. The molecule has 0 saturated heterocycles. The lowest BCUT2D eigenvalue weighted by atomic mass is 9.82. The number of nitrogens with one attached hydrogen (secondary N) is 1. The Labute approximate surface area is 109 Å². The Hall–Kier alpha value is -1.16. The van der Waals surface area contributed by atoms with E-state index in [9.17, 15) is 0 Å². The zero-order valence-corrected chi connectivity index (χ0v) is 11.4. The van der Waals surface area contributed by atoms with Crippen LogP contribution in [-0.4, -0.2) is 30.2 Å². The fourth-order valence-corrected chi connectivity index (χ4v) is 2.87. The van der Waals surface area contributed by atoms with E-state index in [0.717, 1.165) is 18.0 Å². The van der Waals surface area contributed by atoms with Gasteiger partial charge in [0.25, 0.3) is 0 Å². The normalized spacial score (nSPS) is 18.6. The van der Waals surface area contributed by atoms with Crippen molar-refractivity contribution in [2.45, 2.75) is 44.6 Å². The highest BCUT2D eigenvalue weighted by Gasteiger charge is 2.23. The highest BCUT2D eigenvalue weighted by molar-refractivity contribution is 5.14. The summed E-state index contributed by atoms with van der Waals surface area (Å²) >= 11 is 0. The molecular formula is C14H23N3O. The second kappa shape index (κ2) is 6.69. The summed E-state index contributed by atoms with van der Waals surface area (Å²) in [5, 5.41) is 3.46. The van der Waals surface area contributed by atoms with Crippen LogP contribution in [-0.2, 0) is 6.42 Å². The van der Waals surface area contributed by atoms with Gasteiger partial charge in [-0.05, 0) is 25.8 Å². The molecule has 0 bridgehead atoms. The van der Waals surface area contributed by atoms with Gasteiger partial charge in [-0.1, -0.05) is 19.3 Å². The van der Waals surface area contributed by atoms with Crippen LogP contribution in [0.5, 0.6) is 5.88 Å². The van der Waals surface area contributed by atoms with Crippen LogP contribution in [0, 0.1) is 5.92 Å². The van der Waals surface area contributed by atoms with E-state index in [1.54, 1.807) is 13.4 Å². The first-order chi connectivity index (χ1) is 8.83. The van der Waals surface area contributed by atoms with Crippen molar-refractivity contribution in [3.63, 3.8) is 0 Å². The molecule has 2 rings (SSSR count). The molecule has 1 aliphatic carbocycles. The maximum Gasteiger partial charge on any atom is 0.216 e. The van der Waals surface area contributed by atoms with Crippen molar-refractivity contribution in [1.29, 1.82) is 0 Å². The SMILES string of the molecule is CNC(Cc1cc(OC)ncn1)C1CCCCC1. The third-order valence-electron chi connectivity index (χ3n) is 3.93. The van der Waals surface area contributed by atoms with Crippen LogP contribution in [0.4, 0.5) is 0 Å². The molecule has 0 amide bonds. The van der Waals surface area contributed by atoms with E-state index in [2.05, 4.69) is 22.3 Å². The van der Waals surface area contributed by atoms with Gasteiger partial charge in [0.1, 0.15) is 6.33 Å². The fourth-order valence-electron chi connectivity index (χ4n) is 2.87. The van der Waals surface area contributed by atoms with Gasteiger partial charge in [-0.3, -0.25) is 0 Å². The van der Waals surface area contributed by atoms with Gasteiger partial charge in [0, 0.05) is 24.2 Å². The van der Waals surface area contributed by atoms with Crippen LogP contribution >= 0.6 is 0 Å². The average molecular weight is 249 g/mol. The molecule has 0 aromatic carbocycles. The van der Waals surface area contributed by atoms with Crippen molar-refractivity contribution in [3.8, 4) is 5.88 Å². The summed E-state index contributed by atoms with van der Waals surface area (Å²) in [5.74, 6) is 1.43. The minimum Gasteiger partial charge on any atom is -0.481 e. The van der Waals surface area contributed by atoms with Gasteiger partial charge in [-0.15, -0.1) is 0 Å². The number of methoxy groups -OCH3 is 1. The van der Waals surface area contributed by atoms with Crippen molar-refractivity contribution in [2.24, 2.45) is 5.92 Å². The summed E-state index contributed by atoms with van der Waals surface area (Å²) in [7, 11) is 3.69. The maximum atomic E-state index is 5.14. The smallest absolute Gasteiger partial charge is 0.216 e. The Morgan fingerprint density at radius 3 is 2.78 bits per heavy atom. The van der Waals surface area contributed by atoms with Crippen LogP contribution in [0.1, 0.15) is 37.8 Å². The lowest BCUT2D eigenvalue weighted by Crippen LogP contribution is -2.36. The molecule has 0 spiro atoms. The van der Waals surface area contributed by atoms with Crippen LogP contribution in [0.2, 0.25) is 0 Å². The lowest BCUT2D eigenvalue weighted by molar-refractivity contribution is 0.275. The third kappa shape index (κ3) is 3.42. The summed E-state index contributed by atoms with van der Waals surface area (Å²) in [6.07, 6.45) is 9.36. The molecule has 1 saturated carbocycles. The van der Waals surface area contributed by atoms with E-state index >= 15 is 0 Å². The monoisotopic (exact) mass is 249 g/mol. The Bertz CT molecular complexity index is 364. The molecule has 1 atom stereocenters. The molecule has 4 nitrogen and oxygen atoms in total. The highest BCUT2D eigenvalue weighted by atomic mass is 16.5. The van der Waals surface area contributed by atoms with Gasteiger partial charge >= 0.3 is 0 Å². The first-order valence-electron chi connectivity index (χ1n) is 6.85. The van der Waals surface area contributed by atoms with Crippen LogP contribution in [0.25, 0.3) is 0 Å². The summed E-state index contributed by atoms with van der Waals surface area (Å²) in [6, 6.07) is 2.46. The Kier molecular flexibility index (Phi) is 4.93. The number of likely N-dealkylation sites (N-methyl/N-ethyl adjacent to an activating group) is 1. The van der Waals surface area contributed by atoms with E-state index in [1.807, 2.05) is 6.07 Å². The standard InChI is InChI=1S/C14H23N3O/c1-15-13(11-6-4-3-5-7-11)8-12-9-14(18-2)17-10-16-12/h9-11,13,15H,3-8H2,1-2H3. The van der Waals surface area contributed by atoms with E-state index in [4.69, 9.17) is 4.74 Å². The molecule has 0 radical (unpaired) electrons. The first kappa shape index (κ1) is 13.3. The molecule has 1 heterocycles. The van der Waals surface area contributed by atoms with Crippen LogP contribution < -0.4 is 10.1 Å². The summed E-state index contributed by atoms with van der Waals surface area (Å²) in [4.78, 5) is 8.39. The molecule has 1 N–H and O–H groups in total.